The van der Waals surface area contributed by atoms with Crippen molar-refractivity contribution in [1.82, 2.24) is 9.78 Å². The van der Waals surface area contributed by atoms with Crippen LogP contribution >= 0.6 is 11.6 Å². The molecule has 1 heterocycles. The number of methoxy groups -OCH3 is 1. The molecule has 1 aromatic carbocycles. The number of nitrogens with zero attached hydrogens (tertiary/aromatic N) is 2. The molecule has 0 aliphatic rings. The second kappa shape index (κ2) is 4.78. The second-order valence-corrected chi connectivity index (χ2v) is 4.02. The molecule has 18 heavy (non-hydrogen) atoms. The van der Waals surface area contributed by atoms with Gasteiger partial charge in [-0.05, 0) is 12.1 Å². The van der Waals surface area contributed by atoms with Gasteiger partial charge in [0.05, 0.1) is 23.9 Å². The first kappa shape index (κ1) is 12.6. The molecule has 0 aliphatic heterocycles. The summed E-state index contributed by atoms with van der Waals surface area (Å²) in [7, 11) is 3.00. The van der Waals surface area contributed by atoms with Gasteiger partial charge in [0.25, 0.3) is 0 Å². The van der Waals surface area contributed by atoms with Crippen molar-refractivity contribution in [3.05, 3.63) is 46.5 Å². The van der Waals surface area contributed by atoms with E-state index in [1.54, 1.807) is 7.05 Å². The van der Waals surface area contributed by atoms with Crippen molar-refractivity contribution in [3.63, 3.8) is 0 Å². The topological polar surface area (TPSA) is 44.1 Å². The zero-order chi connectivity index (χ0) is 13.3. The first-order valence-electron chi connectivity index (χ1n) is 5.11. The average Bonchev–Trinajstić information content (AvgIpc) is 2.73. The maximum absolute atomic E-state index is 13.8. The molecule has 0 amide bonds. The molecule has 0 fully saturated rings. The van der Waals surface area contributed by atoms with Crippen molar-refractivity contribution in [2.24, 2.45) is 7.05 Å². The van der Waals surface area contributed by atoms with Gasteiger partial charge >= 0.3 is 0 Å². The molecular formula is C12H10ClFN2O2. The fourth-order valence-electron chi connectivity index (χ4n) is 1.63. The number of hydrogen-bond acceptors (Lipinski definition) is 3. The zero-order valence-corrected chi connectivity index (χ0v) is 10.5. The molecule has 0 N–H and O–H groups in total. The Labute approximate surface area is 108 Å². The zero-order valence-electron chi connectivity index (χ0n) is 9.78. The summed E-state index contributed by atoms with van der Waals surface area (Å²) in [5.41, 5.74) is 0.0723. The van der Waals surface area contributed by atoms with Crippen LogP contribution in [0.4, 0.5) is 4.39 Å². The summed E-state index contributed by atoms with van der Waals surface area (Å²) in [5, 5.41) is 3.81. The molecule has 0 spiro atoms. The monoisotopic (exact) mass is 268 g/mol. The van der Waals surface area contributed by atoms with Crippen LogP contribution in [0, 0.1) is 5.82 Å². The third-order valence-corrected chi connectivity index (χ3v) is 2.83. The van der Waals surface area contributed by atoms with Gasteiger partial charge in [-0.3, -0.25) is 9.48 Å². The number of aromatic nitrogens is 2. The average molecular weight is 269 g/mol. The Balaban J connectivity index is 2.55. The number of rotatable bonds is 3. The van der Waals surface area contributed by atoms with E-state index in [2.05, 4.69) is 5.10 Å². The van der Waals surface area contributed by atoms with Crippen LogP contribution < -0.4 is 4.74 Å². The van der Waals surface area contributed by atoms with E-state index in [0.29, 0.717) is 5.75 Å². The maximum atomic E-state index is 13.8. The third-order valence-electron chi connectivity index (χ3n) is 2.54. The molecule has 1 aromatic heterocycles. The fraction of sp³-hybridized carbons (Fsp3) is 0.167. The lowest BCUT2D eigenvalue weighted by molar-refractivity contribution is 0.102. The molecule has 0 saturated carbocycles. The van der Waals surface area contributed by atoms with Gasteiger partial charge in [-0.15, -0.1) is 0 Å². The van der Waals surface area contributed by atoms with Crippen molar-refractivity contribution in [1.29, 1.82) is 0 Å². The first-order chi connectivity index (χ1) is 8.56. The lowest BCUT2D eigenvalue weighted by Gasteiger charge is -2.06. The van der Waals surface area contributed by atoms with Gasteiger partial charge in [0, 0.05) is 7.05 Å². The van der Waals surface area contributed by atoms with E-state index < -0.39 is 11.6 Å². The summed E-state index contributed by atoms with van der Waals surface area (Å²) in [6.07, 6.45) is 1.40. The van der Waals surface area contributed by atoms with Crippen LogP contribution in [-0.4, -0.2) is 22.7 Å². The van der Waals surface area contributed by atoms with Crippen LogP contribution in [0.15, 0.2) is 24.4 Å². The van der Waals surface area contributed by atoms with Gasteiger partial charge in [0.15, 0.2) is 17.3 Å². The molecule has 0 saturated heterocycles. The van der Waals surface area contributed by atoms with Crippen LogP contribution in [0.5, 0.6) is 5.75 Å². The number of ether oxygens (including phenoxy) is 1. The number of carbonyl (C=O) groups excluding carboxylic acids is 1. The minimum atomic E-state index is -0.743. The number of halogens is 2. The Morgan fingerprint density at radius 3 is 2.89 bits per heavy atom. The van der Waals surface area contributed by atoms with E-state index in [1.165, 1.54) is 36.2 Å². The molecule has 0 bridgehead atoms. The summed E-state index contributed by atoms with van der Waals surface area (Å²) in [6.45, 7) is 0. The number of ketones is 1. The smallest absolute Gasteiger partial charge is 0.217 e. The molecule has 2 rings (SSSR count). The number of carbonyl (C=O) groups is 1. The van der Waals surface area contributed by atoms with E-state index in [-0.39, 0.29) is 16.3 Å². The fourth-order valence-corrected chi connectivity index (χ4v) is 1.81. The van der Waals surface area contributed by atoms with Crippen molar-refractivity contribution in [3.8, 4) is 5.75 Å². The second-order valence-electron chi connectivity index (χ2n) is 3.62. The molecule has 6 heteroatoms. The third kappa shape index (κ3) is 1.97. The predicted octanol–water partition coefficient (Wildman–Crippen LogP) is 2.45. The molecule has 0 unspecified atom stereocenters. The first-order valence-corrected chi connectivity index (χ1v) is 5.48. The van der Waals surface area contributed by atoms with Crippen LogP contribution in [0.1, 0.15) is 16.1 Å². The summed E-state index contributed by atoms with van der Waals surface area (Å²) < 4.78 is 20.1. The van der Waals surface area contributed by atoms with Crippen LogP contribution in [0.3, 0.4) is 0 Å². The Hall–Kier alpha value is -1.88. The van der Waals surface area contributed by atoms with Crippen molar-refractivity contribution < 1.29 is 13.9 Å². The standard InChI is InChI=1S/C12H10ClFN2O2/c1-16-11(9(18-2)6-15-16)12(17)7-4-3-5-8(13)10(7)14/h3-6H,1-2H3. The highest BCUT2D eigenvalue weighted by Crippen LogP contribution is 2.24. The van der Waals surface area contributed by atoms with E-state index in [0.717, 1.165) is 0 Å². The summed E-state index contributed by atoms with van der Waals surface area (Å²) in [5.74, 6) is -0.971. The van der Waals surface area contributed by atoms with Crippen LogP contribution in [0.25, 0.3) is 0 Å². The quantitative estimate of drug-likeness (QED) is 0.803. The minimum absolute atomic E-state index is 0.0954. The summed E-state index contributed by atoms with van der Waals surface area (Å²) in [6, 6.07) is 4.27. The maximum Gasteiger partial charge on any atom is 0.217 e. The van der Waals surface area contributed by atoms with Crippen molar-refractivity contribution in [2.75, 3.05) is 7.11 Å². The van der Waals surface area contributed by atoms with Crippen LogP contribution in [0.2, 0.25) is 5.02 Å². The van der Waals surface area contributed by atoms with Crippen LogP contribution in [-0.2, 0) is 7.05 Å². The Morgan fingerprint density at radius 2 is 2.22 bits per heavy atom. The largest absolute Gasteiger partial charge is 0.493 e. The number of hydrogen-bond donors (Lipinski definition) is 0. The predicted molar refractivity (Wildman–Crippen MR) is 64.6 cm³/mol. The molecule has 0 atom stereocenters. The molecule has 0 radical (unpaired) electrons. The van der Waals surface area contributed by atoms with Gasteiger partial charge in [-0.25, -0.2) is 4.39 Å². The Morgan fingerprint density at radius 1 is 1.50 bits per heavy atom. The SMILES string of the molecule is COc1cnn(C)c1C(=O)c1cccc(Cl)c1F. The molecule has 2 aromatic rings. The highest BCUT2D eigenvalue weighted by atomic mass is 35.5. The highest BCUT2D eigenvalue weighted by molar-refractivity contribution is 6.31. The van der Waals surface area contributed by atoms with E-state index >= 15 is 0 Å². The lowest BCUT2D eigenvalue weighted by Crippen LogP contribution is -2.11. The Bertz CT molecular complexity index is 610. The van der Waals surface area contributed by atoms with Crippen molar-refractivity contribution >= 4 is 17.4 Å². The number of aryl methyl sites for hydroxylation is 1. The van der Waals surface area contributed by atoms with E-state index in [1.807, 2.05) is 0 Å². The summed E-state index contributed by atoms with van der Waals surface area (Å²) in [4.78, 5) is 12.2. The highest BCUT2D eigenvalue weighted by Gasteiger charge is 2.23. The van der Waals surface area contributed by atoms with Crippen molar-refractivity contribution in [2.45, 2.75) is 0 Å². The van der Waals surface area contributed by atoms with Gasteiger partial charge in [0.2, 0.25) is 5.78 Å². The molecule has 94 valence electrons. The number of benzene rings is 1. The van der Waals surface area contributed by atoms with Gasteiger partial charge in [-0.2, -0.15) is 5.10 Å². The van der Waals surface area contributed by atoms with Gasteiger partial charge in [-0.1, -0.05) is 17.7 Å². The lowest BCUT2D eigenvalue weighted by atomic mass is 10.1. The van der Waals surface area contributed by atoms with E-state index in [4.69, 9.17) is 16.3 Å². The summed E-state index contributed by atoms with van der Waals surface area (Å²) >= 11 is 5.65. The normalized spacial score (nSPS) is 10.4. The van der Waals surface area contributed by atoms with E-state index in [9.17, 15) is 9.18 Å². The molecular weight excluding hydrogens is 259 g/mol. The molecule has 0 aliphatic carbocycles. The minimum Gasteiger partial charge on any atom is -0.493 e. The Kier molecular flexibility index (Phi) is 3.34. The molecule has 4 nitrogen and oxygen atoms in total. The van der Waals surface area contributed by atoms with Gasteiger partial charge in [0.1, 0.15) is 0 Å². The van der Waals surface area contributed by atoms with Gasteiger partial charge < -0.3 is 4.74 Å².